The van der Waals surface area contributed by atoms with Crippen LogP contribution in [0.15, 0.2) is 48.5 Å². The molecule has 1 N–H and O–H groups in total. The second-order valence-corrected chi connectivity index (χ2v) is 6.70. The Morgan fingerprint density at radius 3 is 2.77 bits per heavy atom. The Kier molecular flexibility index (Phi) is 6.53. The standard InChI is InChI=1S/C22H28N2O2/c1-2-17-26-20-12-10-19(11-13-20)22(25)23-14-6-16-24-15-5-8-18-7-3-4-9-21(18)24/h3-4,7,9-13H,2,5-6,8,14-17H2,1H3,(H,23,25). The van der Waals surface area contributed by atoms with E-state index in [-0.39, 0.29) is 5.91 Å². The molecule has 0 aromatic heterocycles. The van der Waals surface area contributed by atoms with Gasteiger partial charge in [0.2, 0.25) is 0 Å². The second kappa shape index (κ2) is 9.27. The number of rotatable bonds is 8. The van der Waals surface area contributed by atoms with Gasteiger partial charge in [-0.3, -0.25) is 4.79 Å². The molecule has 0 atom stereocenters. The van der Waals surface area contributed by atoms with E-state index in [1.165, 1.54) is 24.1 Å². The van der Waals surface area contributed by atoms with Crippen molar-refractivity contribution in [3.63, 3.8) is 0 Å². The van der Waals surface area contributed by atoms with E-state index in [2.05, 4.69) is 41.4 Å². The van der Waals surface area contributed by atoms with Gasteiger partial charge in [-0.2, -0.15) is 0 Å². The molecule has 4 heteroatoms. The first-order chi connectivity index (χ1) is 12.8. The maximum absolute atomic E-state index is 12.3. The number of benzene rings is 2. The Balaban J connectivity index is 1.43. The number of aryl methyl sites for hydroxylation is 1. The summed E-state index contributed by atoms with van der Waals surface area (Å²) < 4.78 is 5.55. The number of para-hydroxylation sites is 1. The van der Waals surface area contributed by atoms with Crippen molar-refractivity contribution in [1.82, 2.24) is 5.32 Å². The van der Waals surface area contributed by atoms with Crippen molar-refractivity contribution >= 4 is 11.6 Å². The minimum Gasteiger partial charge on any atom is -0.494 e. The van der Waals surface area contributed by atoms with E-state index in [9.17, 15) is 4.79 Å². The van der Waals surface area contributed by atoms with Gasteiger partial charge in [-0.25, -0.2) is 0 Å². The van der Waals surface area contributed by atoms with Gasteiger partial charge in [0, 0.05) is 30.9 Å². The fourth-order valence-corrected chi connectivity index (χ4v) is 3.34. The van der Waals surface area contributed by atoms with Crippen LogP contribution in [-0.4, -0.2) is 32.1 Å². The first kappa shape index (κ1) is 18.3. The van der Waals surface area contributed by atoms with Crippen LogP contribution in [0.3, 0.4) is 0 Å². The minimum absolute atomic E-state index is 0.0221. The van der Waals surface area contributed by atoms with Crippen LogP contribution in [0.1, 0.15) is 42.1 Å². The molecule has 0 bridgehead atoms. The zero-order valence-corrected chi connectivity index (χ0v) is 15.5. The Hall–Kier alpha value is -2.49. The van der Waals surface area contributed by atoms with E-state index in [1.54, 1.807) is 0 Å². The lowest BCUT2D eigenvalue weighted by Crippen LogP contribution is -2.33. The highest BCUT2D eigenvalue weighted by Crippen LogP contribution is 2.26. The molecule has 2 aromatic carbocycles. The number of carbonyl (C=O) groups is 1. The molecule has 26 heavy (non-hydrogen) atoms. The van der Waals surface area contributed by atoms with Crippen LogP contribution in [0, 0.1) is 0 Å². The van der Waals surface area contributed by atoms with Crippen molar-refractivity contribution in [2.75, 3.05) is 31.1 Å². The zero-order valence-electron chi connectivity index (χ0n) is 15.5. The summed E-state index contributed by atoms with van der Waals surface area (Å²) in [5.74, 6) is 0.790. The number of nitrogens with one attached hydrogen (secondary N) is 1. The molecule has 0 spiro atoms. The lowest BCUT2D eigenvalue weighted by atomic mass is 10.0. The van der Waals surface area contributed by atoms with Crippen LogP contribution >= 0.6 is 0 Å². The molecule has 1 aliphatic rings. The molecule has 1 aliphatic heterocycles. The van der Waals surface area contributed by atoms with Crippen molar-refractivity contribution in [3.05, 3.63) is 59.7 Å². The lowest BCUT2D eigenvalue weighted by Gasteiger charge is -2.31. The van der Waals surface area contributed by atoms with E-state index in [0.29, 0.717) is 18.7 Å². The van der Waals surface area contributed by atoms with Gasteiger partial charge in [0.1, 0.15) is 5.75 Å². The van der Waals surface area contributed by atoms with Crippen LogP contribution in [0.25, 0.3) is 0 Å². The minimum atomic E-state index is -0.0221. The fraction of sp³-hybridized carbons (Fsp3) is 0.409. The molecule has 1 amide bonds. The van der Waals surface area contributed by atoms with Gasteiger partial charge in [-0.05, 0) is 61.6 Å². The number of carbonyl (C=O) groups excluding carboxylic acids is 1. The molecule has 0 aliphatic carbocycles. The summed E-state index contributed by atoms with van der Waals surface area (Å²) in [6.45, 7) is 5.53. The molecular weight excluding hydrogens is 324 g/mol. The summed E-state index contributed by atoms with van der Waals surface area (Å²) >= 11 is 0. The molecule has 1 heterocycles. The Bertz CT molecular complexity index is 712. The van der Waals surface area contributed by atoms with E-state index in [4.69, 9.17) is 4.74 Å². The molecule has 0 radical (unpaired) electrons. The number of amides is 1. The SMILES string of the molecule is CCCOc1ccc(C(=O)NCCCN2CCCc3ccccc32)cc1. The topological polar surface area (TPSA) is 41.6 Å². The first-order valence-electron chi connectivity index (χ1n) is 9.62. The van der Waals surface area contributed by atoms with Gasteiger partial charge in [0.05, 0.1) is 6.61 Å². The molecule has 0 fully saturated rings. The summed E-state index contributed by atoms with van der Waals surface area (Å²) in [4.78, 5) is 14.7. The van der Waals surface area contributed by atoms with Crippen LogP contribution in [0.2, 0.25) is 0 Å². The lowest BCUT2D eigenvalue weighted by molar-refractivity contribution is 0.0953. The summed E-state index contributed by atoms with van der Waals surface area (Å²) in [6, 6.07) is 16.0. The average Bonchev–Trinajstić information content (AvgIpc) is 2.70. The van der Waals surface area contributed by atoms with Crippen LogP contribution in [0.4, 0.5) is 5.69 Å². The van der Waals surface area contributed by atoms with E-state index < -0.39 is 0 Å². The van der Waals surface area contributed by atoms with Gasteiger partial charge in [-0.1, -0.05) is 25.1 Å². The van der Waals surface area contributed by atoms with E-state index >= 15 is 0 Å². The molecule has 0 saturated carbocycles. The van der Waals surface area contributed by atoms with Gasteiger partial charge in [0.15, 0.2) is 0 Å². The van der Waals surface area contributed by atoms with Gasteiger partial charge < -0.3 is 15.0 Å². The van der Waals surface area contributed by atoms with Gasteiger partial charge in [-0.15, -0.1) is 0 Å². The molecule has 0 unspecified atom stereocenters. The molecule has 2 aromatic rings. The molecular formula is C22H28N2O2. The predicted molar refractivity (Wildman–Crippen MR) is 106 cm³/mol. The van der Waals surface area contributed by atoms with Crippen molar-refractivity contribution in [3.8, 4) is 5.75 Å². The highest BCUT2D eigenvalue weighted by Gasteiger charge is 2.15. The number of anilines is 1. The molecule has 0 saturated heterocycles. The Labute approximate surface area is 156 Å². The quantitative estimate of drug-likeness (QED) is 0.729. The summed E-state index contributed by atoms with van der Waals surface area (Å²) in [5.41, 5.74) is 3.47. The highest BCUT2D eigenvalue weighted by atomic mass is 16.5. The highest BCUT2D eigenvalue weighted by molar-refractivity contribution is 5.94. The Morgan fingerprint density at radius 2 is 1.96 bits per heavy atom. The summed E-state index contributed by atoms with van der Waals surface area (Å²) in [6.07, 6.45) is 4.29. The maximum atomic E-state index is 12.3. The molecule has 3 rings (SSSR count). The fourth-order valence-electron chi connectivity index (χ4n) is 3.34. The largest absolute Gasteiger partial charge is 0.494 e. The number of hydrogen-bond donors (Lipinski definition) is 1. The predicted octanol–water partition coefficient (Wildman–Crippen LogP) is 4.05. The smallest absolute Gasteiger partial charge is 0.251 e. The zero-order chi connectivity index (χ0) is 18.2. The van der Waals surface area contributed by atoms with Crippen molar-refractivity contribution in [2.45, 2.75) is 32.6 Å². The van der Waals surface area contributed by atoms with Crippen LogP contribution in [-0.2, 0) is 6.42 Å². The first-order valence-corrected chi connectivity index (χ1v) is 9.62. The van der Waals surface area contributed by atoms with E-state index in [0.717, 1.165) is 31.7 Å². The third-order valence-electron chi connectivity index (χ3n) is 4.69. The molecule has 138 valence electrons. The summed E-state index contributed by atoms with van der Waals surface area (Å²) in [7, 11) is 0. The van der Waals surface area contributed by atoms with Crippen molar-refractivity contribution in [1.29, 1.82) is 0 Å². The van der Waals surface area contributed by atoms with Gasteiger partial charge in [0.25, 0.3) is 5.91 Å². The summed E-state index contributed by atoms with van der Waals surface area (Å²) in [5, 5.41) is 3.02. The number of nitrogens with zero attached hydrogens (tertiary/aromatic N) is 1. The monoisotopic (exact) mass is 352 g/mol. The normalized spacial score (nSPS) is 13.2. The Morgan fingerprint density at radius 1 is 1.15 bits per heavy atom. The van der Waals surface area contributed by atoms with Gasteiger partial charge >= 0.3 is 0 Å². The third kappa shape index (κ3) is 4.78. The number of hydrogen-bond acceptors (Lipinski definition) is 3. The van der Waals surface area contributed by atoms with Crippen LogP contribution < -0.4 is 15.0 Å². The van der Waals surface area contributed by atoms with Crippen molar-refractivity contribution < 1.29 is 9.53 Å². The molecule has 4 nitrogen and oxygen atoms in total. The maximum Gasteiger partial charge on any atom is 0.251 e. The van der Waals surface area contributed by atoms with Crippen molar-refractivity contribution in [2.24, 2.45) is 0 Å². The van der Waals surface area contributed by atoms with E-state index in [1.807, 2.05) is 24.3 Å². The number of fused-ring (bicyclic) bond motifs is 1. The number of ether oxygens (including phenoxy) is 1. The van der Waals surface area contributed by atoms with Crippen LogP contribution in [0.5, 0.6) is 5.75 Å². The average molecular weight is 352 g/mol. The third-order valence-corrected chi connectivity index (χ3v) is 4.69. The second-order valence-electron chi connectivity index (χ2n) is 6.70.